The van der Waals surface area contributed by atoms with Crippen LogP contribution in [-0.4, -0.2) is 28.4 Å². The van der Waals surface area contributed by atoms with E-state index in [9.17, 15) is 4.79 Å². The summed E-state index contributed by atoms with van der Waals surface area (Å²) in [6.45, 7) is 4.92. The van der Waals surface area contributed by atoms with Gasteiger partial charge in [0.05, 0.1) is 5.52 Å². The molecule has 1 aliphatic rings. The van der Waals surface area contributed by atoms with E-state index in [0.717, 1.165) is 17.4 Å². The maximum Gasteiger partial charge on any atom is 0.272 e. The van der Waals surface area contributed by atoms with Crippen LogP contribution in [0, 0.1) is 5.92 Å². The monoisotopic (exact) mass is 283 g/mol. The molecule has 4 nitrogen and oxygen atoms in total. The summed E-state index contributed by atoms with van der Waals surface area (Å²) in [5.74, 6) is 0.642. The average Bonchev–Trinajstić information content (AvgIpc) is 3.28. The molecule has 4 heteroatoms. The molecule has 2 N–H and O–H groups in total. The summed E-state index contributed by atoms with van der Waals surface area (Å²) in [4.78, 5) is 19.2. The Morgan fingerprint density at radius 3 is 2.76 bits per heavy atom. The second kappa shape index (κ2) is 5.35. The van der Waals surface area contributed by atoms with Crippen molar-refractivity contribution in [2.75, 3.05) is 12.3 Å². The van der Waals surface area contributed by atoms with E-state index in [1.165, 1.54) is 12.8 Å². The number of nitrogens with zero attached hydrogens (tertiary/aromatic N) is 2. The van der Waals surface area contributed by atoms with Gasteiger partial charge in [0.2, 0.25) is 0 Å². The van der Waals surface area contributed by atoms with Crippen molar-refractivity contribution in [1.82, 2.24) is 9.88 Å². The van der Waals surface area contributed by atoms with Gasteiger partial charge in [-0.2, -0.15) is 0 Å². The number of rotatable bonds is 4. The van der Waals surface area contributed by atoms with Gasteiger partial charge in [-0.3, -0.25) is 4.79 Å². The third kappa shape index (κ3) is 2.84. The van der Waals surface area contributed by atoms with Crippen molar-refractivity contribution in [3.05, 3.63) is 36.0 Å². The van der Waals surface area contributed by atoms with Crippen LogP contribution in [0.3, 0.4) is 0 Å². The van der Waals surface area contributed by atoms with E-state index in [-0.39, 0.29) is 11.9 Å². The van der Waals surface area contributed by atoms with Crippen molar-refractivity contribution in [2.24, 2.45) is 5.92 Å². The van der Waals surface area contributed by atoms with Gasteiger partial charge in [0.15, 0.2) is 0 Å². The van der Waals surface area contributed by atoms with E-state index in [2.05, 4.69) is 4.98 Å². The molecule has 1 aliphatic carbocycles. The smallest absolute Gasteiger partial charge is 0.272 e. The lowest BCUT2D eigenvalue weighted by Gasteiger charge is -2.26. The molecule has 1 aromatic carbocycles. The van der Waals surface area contributed by atoms with Gasteiger partial charge in [-0.05, 0) is 44.7 Å². The van der Waals surface area contributed by atoms with Gasteiger partial charge >= 0.3 is 0 Å². The Bertz CT molecular complexity index is 677. The summed E-state index contributed by atoms with van der Waals surface area (Å²) < 4.78 is 0. The SMILES string of the molecule is CC(C)N(CC1CC1)C(=O)c1cc(N)c2ccccc2n1. The number of nitrogen functional groups attached to an aromatic ring is 1. The number of hydrogen-bond donors (Lipinski definition) is 1. The largest absolute Gasteiger partial charge is 0.398 e. The van der Waals surface area contributed by atoms with Crippen LogP contribution in [0.25, 0.3) is 10.9 Å². The van der Waals surface area contributed by atoms with Crippen LogP contribution in [0.1, 0.15) is 37.2 Å². The summed E-state index contributed by atoms with van der Waals surface area (Å²) in [6, 6.07) is 9.53. The first kappa shape index (κ1) is 13.9. The van der Waals surface area contributed by atoms with E-state index < -0.39 is 0 Å². The van der Waals surface area contributed by atoms with Crippen molar-refractivity contribution >= 4 is 22.5 Å². The summed E-state index contributed by atoms with van der Waals surface area (Å²) in [5, 5.41) is 0.896. The minimum Gasteiger partial charge on any atom is -0.398 e. The molecule has 0 atom stereocenters. The van der Waals surface area contributed by atoms with E-state index in [1.807, 2.05) is 43.0 Å². The van der Waals surface area contributed by atoms with Crippen LogP contribution < -0.4 is 5.73 Å². The fraction of sp³-hybridized carbons (Fsp3) is 0.412. The van der Waals surface area contributed by atoms with Gasteiger partial charge in [0.1, 0.15) is 5.69 Å². The molecular formula is C17H21N3O. The Hall–Kier alpha value is -2.10. The van der Waals surface area contributed by atoms with Crippen LogP contribution in [-0.2, 0) is 0 Å². The predicted octanol–water partition coefficient (Wildman–Crippen LogP) is 3.08. The number of fused-ring (bicyclic) bond motifs is 1. The number of carbonyl (C=O) groups is 1. The number of amides is 1. The Kier molecular flexibility index (Phi) is 3.53. The van der Waals surface area contributed by atoms with E-state index in [1.54, 1.807) is 6.07 Å². The third-order valence-electron chi connectivity index (χ3n) is 4.00. The molecule has 2 aromatic rings. The number of carbonyl (C=O) groups excluding carboxylic acids is 1. The highest BCUT2D eigenvalue weighted by Gasteiger charge is 2.29. The fourth-order valence-corrected chi connectivity index (χ4v) is 2.57. The maximum absolute atomic E-state index is 12.8. The molecule has 1 fully saturated rings. The molecule has 0 radical (unpaired) electrons. The molecule has 0 spiro atoms. The fourth-order valence-electron chi connectivity index (χ4n) is 2.57. The Morgan fingerprint density at radius 2 is 2.10 bits per heavy atom. The summed E-state index contributed by atoms with van der Waals surface area (Å²) in [5.41, 5.74) is 7.90. The quantitative estimate of drug-likeness (QED) is 0.938. The van der Waals surface area contributed by atoms with Crippen LogP contribution >= 0.6 is 0 Å². The average molecular weight is 283 g/mol. The normalized spacial score (nSPS) is 14.6. The third-order valence-corrected chi connectivity index (χ3v) is 4.00. The topological polar surface area (TPSA) is 59.2 Å². The zero-order chi connectivity index (χ0) is 15.0. The minimum absolute atomic E-state index is 0.0191. The molecule has 21 heavy (non-hydrogen) atoms. The van der Waals surface area contributed by atoms with Crippen LogP contribution in [0.4, 0.5) is 5.69 Å². The molecule has 1 aromatic heterocycles. The van der Waals surface area contributed by atoms with Crippen LogP contribution in [0.5, 0.6) is 0 Å². The second-order valence-corrected chi connectivity index (χ2v) is 6.11. The predicted molar refractivity (Wildman–Crippen MR) is 85.1 cm³/mol. The van der Waals surface area contributed by atoms with Gasteiger partial charge in [-0.1, -0.05) is 18.2 Å². The number of hydrogen-bond acceptors (Lipinski definition) is 3. The Balaban J connectivity index is 1.95. The molecule has 0 aliphatic heterocycles. The summed E-state index contributed by atoms with van der Waals surface area (Å²) >= 11 is 0. The molecule has 0 bridgehead atoms. The first-order valence-electron chi connectivity index (χ1n) is 7.52. The van der Waals surface area contributed by atoms with Crippen molar-refractivity contribution < 1.29 is 4.79 Å². The highest BCUT2D eigenvalue weighted by molar-refractivity contribution is 5.99. The van der Waals surface area contributed by atoms with Crippen molar-refractivity contribution in [2.45, 2.75) is 32.7 Å². The number of para-hydroxylation sites is 1. The van der Waals surface area contributed by atoms with Crippen molar-refractivity contribution in [3.8, 4) is 0 Å². The molecule has 1 heterocycles. The van der Waals surface area contributed by atoms with E-state index in [4.69, 9.17) is 5.73 Å². The zero-order valence-corrected chi connectivity index (χ0v) is 12.5. The van der Waals surface area contributed by atoms with Gasteiger partial charge < -0.3 is 10.6 Å². The highest BCUT2D eigenvalue weighted by atomic mass is 16.2. The molecule has 3 rings (SSSR count). The lowest BCUT2D eigenvalue weighted by molar-refractivity contribution is 0.0690. The zero-order valence-electron chi connectivity index (χ0n) is 12.5. The summed E-state index contributed by atoms with van der Waals surface area (Å²) in [6.07, 6.45) is 2.45. The maximum atomic E-state index is 12.8. The minimum atomic E-state index is -0.0191. The molecule has 1 amide bonds. The summed E-state index contributed by atoms with van der Waals surface area (Å²) in [7, 11) is 0. The van der Waals surface area contributed by atoms with Gasteiger partial charge in [0, 0.05) is 23.7 Å². The second-order valence-electron chi connectivity index (χ2n) is 6.11. The number of benzene rings is 1. The number of anilines is 1. The standard InChI is InChI=1S/C17H21N3O/c1-11(2)20(10-12-7-8-12)17(21)16-9-14(18)13-5-3-4-6-15(13)19-16/h3-6,9,11-12H,7-8,10H2,1-2H3,(H2,18,19). The van der Waals surface area contributed by atoms with E-state index in [0.29, 0.717) is 17.3 Å². The molecular weight excluding hydrogens is 262 g/mol. The number of aromatic nitrogens is 1. The van der Waals surface area contributed by atoms with Gasteiger partial charge in [-0.15, -0.1) is 0 Å². The Morgan fingerprint density at radius 1 is 1.38 bits per heavy atom. The van der Waals surface area contributed by atoms with Crippen molar-refractivity contribution in [3.63, 3.8) is 0 Å². The van der Waals surface area contributed by atoms with Crippen LogP contribution in [0.15, 0.2) is 30.3 Å². The molecule has 110 valence electrons. The van der Waals surface area contributed by atoms with E-state index >= 15 is 0 Å². The number of pyridine rings is 1. The lowest BCUT2D eigenvalue weighted by Crippen LogP contribution is -2.39. The molecule has 1 saturated carbocycles. The molecule has 0 unspecified atom stereocenters. The van der Waals surface area contributed by atoms with Gasteiger partial charge in [0.25, 0.3) is 5.91 Å². The first-order chi connectivity index (χ1) is 10.1. The highest BCUT2D eigenvalue weighted by Crippen LogP contribution is 2.31. The van der Waals surface area contributed by atoms with Crippen molar-refractivity contribution in [1.29, 1.82) is 0 Å². The number of nitrogens with two attached hydrogens (primary N) is 1. The molecule has 0 saturated heterocycles. The first-order valence-corrected chi connectivity index (χ1v) is 7.52. The van der Waals surface area contributed by atoms with Crippen LogP contribution in [0.2, 0.25) is 0 Å². The lowest BCUT2D eigenvalue weighted by atomic mass is 10.1. The van der Waals surface area contributed by atoms with Gasteiger partial charge in [-0.25, -0.2) is 4.98 Å². The Labute approximate surface area is 125 Å².